The number of benzene rings is 2. The molecule has 0 aliphatic heterocycles. The number of para-hydroxylation sites is 2. The SMILES string of the molecule is CCOc1ccc(C[C@@H](Oc2ccccc2OC)C(=O)O)cc1. The lowest BCUT2D eigenvalue weighted by atomic mass is 10.1. The van der Waals surface area contributed by atoms with Crippen molar-refractivity contribution >= 4 is 5.97 Å². The van der Waals surface area contributed by atoms with Gasteiger partial charge in [-0.3, -0.25) is 0 Å². The van der Waals surface area contributed by atoms with Crippen molar-refractivity contribution in [1.29, 1.82) is 0 Å². The number of ether oxygens (including phenoxy) is 3. The Labute approximate surface area is 135 Å². The highest BCUT2D eigenvalue weighted by Crippen LogP contribution is 2.27. The van der Waals surface area contributed by atoms with Gasteiger partial charge < -0.3 is 19.3 Å². The summed E-state index contributed by atoms with van der Waals surface area (Å²) >= 11 is 0. The molecule has 2 rings (SSSR count). The number of carboxylic acid groups (broad SMARTS) is 1. The Balaban J connectivity index is 2.11. The predicted octanol–water partition coefficient (Wildman–Crippen LogP) is 3.17. The first kappa shape index (κ1) is 16.7. The molecule has 1 N–H and O–H groups in total. The van der Waals surface area contributed by atoms with E-state index < -0.39 is 12.1 Å². The molecule has 23 heavy (non-hydrogen) atoms. The number of carbonyl (C=O) groups is 1. The van der Waals surface area contributed by atoms with Gasteiger partial charge in [0.15, 0.2) is 17.6 Å². The van der Waals surface area contributed by atoms with Crippen molar-refractivity contribution in [3.8, 4) is 17.2 Å². The largest absolute Gasteiger partial charge is 0.494 e. The molecule has 5 heteroatoms. The molecule has 0 saturated heterocycles. The van der Waals surface area contributed by atoms with E-state index in [1.54, 1.807) is 24.3 Å². The summed E-state index contributed by atoms with van der Waals surface area (Å²) in [6.45, 7) is 2.50. The van der Waals surface area contributed by atoms with Crippen LogP contribution in [0.2, 0.25) is 0 Å². The lowest BCUT2D eigenvalue weighted by Crippen LogP contribution is -2.29. The second-order valence-electron chi connectivity index (χ2n) is 4.88. The molecular formula is C18H20O5. The third kappa shape index (κ3) is 4.64. The van der Waals surface area contributed by atoms with Gasteiger partial charge in [-0.05, 0) is 36.8 Å². The number of aliphatic carboxylic acids is 1. The summed E-state index contributed by atoms with van der Waals surface area (Å²) in [5, 5.41) is 9.41. The van der Waals surface area contributed by atoms with E-state index in [4.69, 9.17) is 14.2 Å². The lowest BCUT2D eigenvalue weighted by Gasteiger charge is -2.17. The molecule has 0 bridgehead atoms. The van der Waals surface area contributed by atoms with Crippen LogP contribution in [0.15, 0.2) is 48.5 Å². The van der Waals surface area contributed by atoms with Crippen molar-refractivity contribution in [1.82, 2.24) is 0 Å². The summed E-state index contributed by atoms with van der Waals surface area (Å²) in [5.41, 5.74) is 0.857. The molecule has 0 unspecified atom stereocenters. The minimum atomic E-state index is -1.02. The summed E-state index contributed by atoms with van der Waals surface area (Å²) in [4.78, 5) is 11.5. The zero-order chi connectivity index (χ0) is 16.7. The number of hydrogen-bond acceptors (Lipinski definition) is 4. The molecule has 0 saturated carbocycles. The molecule has 0 aliphatic rings. The topological polar surface area (TPSA) is 65.0 Å². The highest BCUT2D eigenvalue weighted by atomic mass is 16.5. The van der Waals surface area contributed by atoms with Crippen molar-refractivity contribution < 1.29 is 24.1 Å². The summed E-state index contributed by atoms with van der Waals surface area (Å²) < 4.78 is 16.2. The Morgan fingerprint density at radius 3 is 2.30 bits per heavy atom. The number of hydrogen-bond donors (Lipinski definition) is 1. The third-order valence-electron chi connectivity index (χ3n) is 3.27. The molecule has 0 heterocycles. The van der Waals surface area contributed by atoms with Crippen molar-refractivity contribution in [3.05, 3.63) is 54.1 Å². The van der Waals surface area contributed by atoms with E-state index in [9.17, 15) is 9.90 Å². The van der Waals surface area contributed by atoms with Gasteiger partial charge in [0, 0.05) is 6.42 Å². The number of carboxylic acids is 1. The fraction of sp³-hybridized carbons (Fsp3) is 0.278. The molecule has 0 aliphatic carbocycles. The normalized spacial score (nSPS) is 11.6. The molecule has 122 valence electrons. The Kier molecular flexibility index (Phi) is 5.86. The van der Waals surface area contributed by atoms with Crippen molar-refractivity contribution in [2.75, 3.05) is 13.7 Å². The second-order valence-corrected chi connectivity index (χ2v) is 4.88. The van der Waals surface area contributed by atoms with Gasteiger partial charge in [-0.25, -0.2) is 4.79 Å². The first-order valence-corrected chi connectivity index (χ1v) is 7.38. The molecule has 0 amide bonds. The monoisotopic (exact) mass is 316 g/mol. The molecule has 0 radical (unpaired) electrons. The summed E-state index contributed by atoms with van der Waals surface area (Å²) in [5.74, 6) is 0.650. The second kappa shape index (κ2) is 8.08. The molecule has 5 nitrogen and oxygen atoms in total. The molecule has 2 aromatic carbocycles. The Morgan fingerprint density at radius 2 is 1.74 bits per heavy atom. The Bertz CT molecular complexity index is 636. The fourth-order valence-electron chi connectivity index (χ4n) is 2.15. The highest BCUT2D eigenvalue weighted by molar-refractivity contribution is 5.73. The van der Waals surface area contributed by atoms with E-state index in [2.05, 4.69) is 0 Å². The van der Waals surface area contributed by atoms with Crippen LogP contribution >= 0.6 is 0 Å². The van der Waals surface area contributed by atoms with E-state index in [1.165, 1.54) is 7.11 Å². The minimum Gasteiger partial charge on any atom is -0.494 e. The van der Waals surface area contributed by atoms with Crippen LogP contribution in [0.4, 0.5) is 0 Å². The van der Waals surface area contributed by atoms with Crippen LogP contribution in [0.3, 0.4) is 0 Å². The van der Waals surface area contributed by atoms with Gasteiger partial charge in [0.05, 0.1) is 13.7 Å². The highest BCUT2D eigenvalue weighted by Gasteiger charge is 2.21. The molecular weight excluding hydrogens is 296 g/mol. The molecule has 2 aromatic rings. The zero-order valence-corrected chi connectivity index (χ0v) is 13.2. The molecule has 0 aromatic heterocycles. The Hall–Kier alpha value is -2.69. The first-order valence-electron chi connectivity index (χ1n) is 7.38. The summed E-state index contributed by atoms with van der Waals surface area (Å²) in [6, 6.07) is 14.3. The smallest absolute Gasteiger partial charge is 0.345 e. The minimum absolute atomic E-state index is 0.250. The summed E-state index contributed by atoms with van der Waals surface area (Å²) in [6.07, 6.45) is -0.746. The van der Waals surface area contributed by atoms with Gasteiger partial charge in [-0.1, -0.05) is 24.3 Å². The molecule has 1 atom stereocenters. The van der Waals surface area contributed by atoms with E-state index in [0.717, 1.165) is 11.3 Å². The van der Waals surface area contributed by atoms with Crippen LogP contribution in [0, 0.1) is 0 Å². The van der Waals surface area contributed by atoms with Gasteiger partial charge in [-0.2, -0.15) is 0 Å². The zero-order valence-electron chi connectivity index (χ0n) is 13.2. The van der Waals surface area contributed by atoms with Crippen LogP contribution in [0.5, 0.6) is 17.2 Å². The van der Waals surface area contributed by atoms with E-state index in [0.29, 0.717) is 18.1 Å². The maximum Gasteiger partial charge on any atom is 0.345 e. The maximum atomic E-state index is 11.5. The fourth-order valence-corrected chi connectivity index (χ4v) is 2.15. The number of rotatable bonds is 8. The quantitative estimate of drug-likeness (QED) is 0.810. The van der Waals surface area contributed by atoms with Gasteiger partial charge >= 0.3 is 5.97 Å². The van der Waals surface area contributed by atoms with E-state index in [-0.39, 0.29) is 6.42 Å². The number of methoxy groups -OCH3 is 1. The van der Waals surface area contributed by atoms with Crippen LogP contribution in [0.1, 0.15) is 12.5 Å². The molecule has 0 fully saturated rings. The summed E-state index contributed by atoms with van der Waals surface area (Å²) in [7, 11) is 1.52. The van der Waals surface area contributed by atoms with Crippen LogP contribution in [-0.2, 0) is 11.2 Å². The van der Waals surface area contributed by atoms with Gasteiger partial charge in [0.2, 0.25) is 0 Å². The van der Waals surface area contributed by atoms with Crippen LogP contribution in [-0.4, -0.2) is 30.9 Å². The van der Waals surface area contributed by atoms with E-state index >= 15 is 0 Å². The van der Waals surface area contributed by atoms with Crippen molar-refractivity contribution in [2.45, 2.75) is 19.4 Å². The standard InChI is InChI=1S/C18H20O5/c1-3-22-14-10-8-13(9-11-14)12-17(18(19)20)23-16-7-5-4-6-15(16)21-2/h4-11,17H,3,12H2,1-2H3,(H,19,20)/t17-/m1/s1. The predicted molar refractivity (Wildman–Crippen MR) is 86.4 cm³/mol. The van der Waals surface area contributed by atoms with Crippen LogP contribution in [0.25, 0.3) is 0 Å². The average Bonchev–Trinajstić information content (AvgIpc) is 2.56. The van der Waals surface area contributed by atoms with Gasteiger partial charge in [-0.15, -0.1) is 0 Å². The Morgan fingerprint density at radius 1 is 1.09 bits per heavy atom. The van der Waals surface area contributed by atoms with Gasteiger partial charge in [0.1, 0.15) is 5.75 Å². The van der Waals surface area contributed by atoms with Gasteiger partial charge in [0.25, 0.3) is 0 Å². The first-order chi connectivity index (χ1) is 11.1. The van der Waals surface area contributed by atoms with Crippen molar-refractivity contribution in [3.63, 3.8) is 0 Å². The molecule has 0 spiro atoms. The maximum absolute atomic E-state index is 11.5. The van der Waals surface area contributed by atoms with E-state index in [1.807, 2.05) is 31.2 Å². The van der Waals surface area contributed by atoms with Crippen LogP contribution < -0.4 is 14.2 Å². The third-order valence-corrected chi connectivity index (χ3v) is 3.27. The lowest BCUT2D eigenvalue weighted by molar-refractivity contribution is -0.145. The average molecular weight is 316 g/mol. The van der Waals surface area contributed by atoms with Crippen molar-refractivity contribution in [2.24, 2.45) is 0 Å².